The summed E-state index contributed by atoms with van der Waals surface area (Å²) in [6, 6.07) is 15.0. The number of nitrogen functional groups attached to an aromatic ring is 1. The van der Waals surface area contributed by atoms with Crippen molar-refractivity contribution >= 4 is 34.4 Å². The molecule has 2 amide bonds. The average Bonchev–Trinajstić information content (AvgIpc) is 3.51. The van der Waals surface area contributed by atoms with Crippen LogP contribution in [0.2, 0.25) is 0 Å². The van der Waals surface area contributed by atoms with Crippen molar-refractivity contribution in [2.24, 2.45) is 7.05 Å². The maximum Gasteiger partial charge on any atom is 0.251 e. The molecule has 1 unspecified atom stereocenters. The maximum atomic E-state index is 12.7. The van der Waals surface area contributed by atoms with Gasteiger partial charge in [0.1, 0.15) is 17.8 Å². The second-order valence-corrected chi connectivity index (χ2v) is 9.16. The van der Waals surface area contributed by atoms with E-state index in [9.17, 15) is 9.59 Å². The molecule has 37 heavy (non-hydrogen) atoms. The Morgan fingerprint density at radius 1 is 1.08 bits per heavy atom. The lowest BCUT2D eigenvalue weighted by atomic mass is 9.97. The zero-order chi connectivity index (χ0) is 26.1. The molecule has 2 aromatic carbocycles. The summed E-state index contributed by atoms with van der Waals surface area (Å²) in [5.74, 6) is 0.0105. The quantitative estimate of drug-likeness (QED) is 0.348. The first kappa shape index (κ1) is 24.2. The molecular weight excluding hydrogens is 468 g/mol. The van der Waals surface area contributed by atoms with E-state index in [2.05, 4.69) is 27.2 Å². The number of anilines is 2. The lowest BCUT2D eigenvalue weighted by Gasteiger charge is -2.12. The molecule has 188 valence electrons. The molecule has 9 heteroatoms. The maximum absolute atomic E-state index is 12.7. The van der Waals surface area contributed by atoms with E-state index in [0.29, 0.717) is 41.5 Å². The Morgan fingerprint density at radius 2 is 1.78 bits per heavy atom. The Morgan fingerprint density at radius 3 is 2.43 bits per heavy atom. The van der Waals surface area contributed by atoms with E-state index >= 15 is 0 Å². The van der Waals surface area contributed by atoms with Crippen molar-refractivity contribution in [3.8, 4) is 22.4 Å². The number of carbonyl (C=O) groups is 2. The fourth-order valence-corrected chi connectivity index (χ4v) is 4.55. The molecule has 1 aliphatic heterocycles. The molecule has 3 heterocycles. The number of hydrogen-bond donors (Lipinski definition) is 3. The van der Waals surface area contributed by atoms with E-state index in [1.165, 1.54) is 6.33 Å². The lowest BCUT2D eigenvalue weighted by molar-refractivity contribution is -0.112. The third-order valence-electron chi connectivity index (χ3n) is 6.50. The Balaban J connectivity index is 1.55. The van der Waals surface area contributed by atoms with E-state index in [0.717, 1.165) is 34.2 Å². The number of ether oxygens (including phenoxy) is 1. The SMILES string of the molecule is C=C(C)C(=O)Nc1ccc(-c2c(-c3ccc(C(=O)NC4CCOC4)cc3)c3c(N)ncnc3n2C)cc1. The Kier molecular flexibility index (Phi) is 6.45. The zero-order valence-electron chi connectivity index (χ0n) is 20.7. The summed E-state index contributed by atoms with van der Waals surface area (Å²) >= 11 is 0. The first-order valence-electron chi connectivity index (χ1n) is 12.0. The molecule has 4 aromatic rings. The summed E-state index contributed by atoms with van der Waals surface area (Å²) in [4.78, 5) is 33.4. The third-order valence-corrected chi connectivity index (χ3v) is 6.50. The van der Waals surface area contributed by atoms with Gasteiger partial charge in [0, 0.05) is 36.0 Å². The number of aryl methyl sites for hydroxylation is 1. The van der Waals surface area contributed by atoms with Crippen LogP contribution in [0.4, 0.5) is 11.5 Å². The van der Waals surface area contributed by atoms with E-state index in [1.54, 1.807) is 19.1 Å². The minimum atomic E-state index is -0.231. The molecule has 1 aliphatic rings. The minimum absolute atomic E-state index is 0.0388. The normalized spacial score (nSPS) is 15.0. The van der Waals surface area contributed by atoms with Crippen molar-refractivity contribution in [2.75, 3.05) is 24.3 Å². The number of nitrogens with zero attached hydrogens (tertiary/aromatic N) is 3. The summed E-state index contributed by atoms with van der Waals surface area (Å²) in [7, 11) is 1.93. The van der Waals surface area contributed by atoms with Crippen molar-refractivity contribution < 1.29 is 14.3 Å². The number of fused-ring (bicyclic) bond motifs is 1. The predicted molar refractivity (Wildman–Crippen MR) is 144 cm³/mol. The molecule has 0 saturated carbocycles. The highest BCUT2D eigenvalue weighted by Gasteiger charge is 2.23. The Labute approximate surface area is 214 Å². The van der Waals surface area contributed by atoms with Gasteiger partial charge >= 0.3 is 0 Å². The van der Waals surface area contributed by atoms with Crippen LogP contribution in [0.3, 0.4) is 0 Å². The number of benzene rings is 2. The van der Waals surface area contributed by atoms with Gasteiger partial charge in [0.15, 0.2) is 0 Å². The fraction of sp³-hybridized carbons (Fsp3) is 0.214. The van der Waals surface area contributed by atoms with Crippen molar-refractivity contribution in [3.63, 3.8) is 0 Å². The van der Waals surface area contributed by atoms with E-state index in [-0.39, 0.29) is 17.9 Å². The molecule has 0 radical (unpaired) electrons. The molecule has 9 nitrogen and oxygen atoms in total. The number of amides is 2. The first-order chi connectivity index (χ1) is 17.8. The van der Waals surface area contributed by atoms with Crippen LogP contribution in [0.5, 0.6) is 0 Å². The number of rotatable bonds is 6. The summed E-state index contributed by atoms with van der Waals surface area (Å²) in [6.07, 6.45) is 2.26. The van der Waals surface area contributed by atoms with Crippen LogP contribution >= 0.6 is 0 Å². The smallest absolute Gasteiger partial charge is 0.251 e. The van der Waals surface area contributed by atoms with Crippen molar-refractivity contribution in [2.45, 2.75) is 19.4 Å². The lowest BCUT2D eigenvalue weighted by Crippen LogP contribution is -2.34. The fourth-order valence-electron chi connectivity index (χ4n) is 4.55. The van der Waals surface area contributed by atoms with Gasteiger partial charge in [-0.25, -0.2) is 9.97 Å². The molecule has 4 N–H and O–H groups in total. The van der Waals surface area contributed by atoms with E-state index in [4.69, 9.17) is 10.5 Å². The van der Waals surface area contributed by atoms with Gasteiger partial charge in [0.05, 0.1) is 23.7 Å². The highest BCUT2D eigenvalue weighted by atomic mass is 16.5. The largest absolute Gasteiger partial charge is 0.383 e. The number of nitrogens with one attached hydrogen (secondary N) is 2. The van der Waals surface area contributed by atoms with Crippen LogP contribution in [0.25, 0.3) is 33.4 Å². The second kappa shape index (κ2) is 9.87. The molecule has 1 saturated heterocycles. The zero-order valence-corrected chi connectivity index (χ0v) is 20.7. The van der Waals surface area contributed by atoms with Gasteiger partial charge in [0.25, 0.3) is 11.8 Å². The van der Waals surface area contributed by atoms with Crippen molar-refractivity contribution in [3.05, 3.63) is 72.6 Å². The second-order valence-electron chi connectivity index (χ2n) is 9.16. The highest BCUT2D eigenvalue weighted by Crippen LogP contribution is 2.41. The molecule has 0 aliphatic carbocycles. The van der Waals surface area contributed by atoms with Gasteiger partial charge in [-0.15, -0.1) is 0 Å². The molecule has 2 aromatic heterocycles. The molecule has 5 rings (SSSR count). The Bertz CT molecular complexity index is 1500. The van der Waals surface area contributed by atoms with Gasteiger partial charge in [0.2, 0.25) is 0 Å². The molecule has 1 fully saturated rings. The molecule has 0 bridgehead atoms. The average molecular weight is 497 g/mol. The molecule has 1 atom stereocenters. The number of carbonyl (C=O) groups excluding carboxylic acids is 2. The highest BCUT2D eigenvalue weighted by molar-refractivity contribution is 6.08. The number of hydrogen-bond acceptors (Lipinski definition) is 6. The van der Waals surface area contributed by atoms with E-state index < -0.39 is 0 Å². The van der Waals surface area contributed by atoms with Gasteiger partial charge in [-0.1, -0.05) is 30.8 Å². The van der Waals surface area contributed by atoms with Crippen molar-refractivity contribution in [1.82, 2.24) is 19.9 Å². The summed E-state index contributed by atoms with van der Waals surface area (Å²) < 4.78 is 7.33. The minimum Gasteiger partial charge on any atom is -0.383 e. The monoisotopic (exact) mass is 496 g/mol. The summed E-state index contributed by atoms with van der Waals surface area (Å²) in [5.41, 5.74) is 12.2. The third kappa shape index (κ3) is 4.68. The number of aromatic nitrogens is 3. The van der Waals surface area contributed by atoms with Gasteiger partial charge < -0.3 is 25.7 Å². The first-order valence-corrected chi connectivity index (χ1v) is 12.0. The van der Waals surface area contributed by atoms with Crippen LogP contribution in [0.1, 0.15) is 23.7 Å². The van der Waals surface area contributed by atoms with Gasteiger partial charge in [-0.2, -0.15) is 0 Å². The standard InChI is InChI=1S/C28H28N6O3/c1-16(2)27(35)32-20-10-8-18(9-11-20)24-22(23-25(29)30-15-31-26(23)34(24)3)17-4-6-19(7-5-17)28(36)33-21-12-13-37-14-21/h4-11,15,21H,1,12-14H2,2-3H3,(H,32,35)(H,33,36)(H2,29,30,31). The van der Waals surface area contributed by atoms with Crippen LogP contribution in [0.15, 0.2) is 67.0 Å². The Hall–Kier alpha value is -4.50. The molecule has 0 spiro atoms. The molecular formula is C28H28N6O3. The number of nitrogens with two attached hydrogens (primary N) is 1. The summed E-state index contributed by atoms with van der Waals surface area (Å²) in [6.45, 7) is 6.54. The van der Waals surface area contributed by atoms with Crippen LogP contribution < -0.4 is 16.4 Å². The van der Waals surface area contributed by atoms with Crippen LogP contribution in [-0.2, 0) is 16.6 Å². The topological polar surface area (TPSA) is 124 Å². The van der Waals surface area contributed by atoms with Crippen LogP contribution in [-0.4, -0.2) is 45.6 Å². The van der Waals surface area contributed by atoms with E-state index in [1.807, 2.05) is 48.0 Å². The summed E-state index contributed by atoms with van der Waals surface area (Å²) in [5, 5.41) is 6.58. The van der Waals surface area contributed by atoms with Crippen molar-refractivity contribution in [1.29, 1.82) is 0 Å². The predicted octanol–water partition coefficient (Wildman–Crippen LogP) is 3.92. The van der Waals surface area contributed by atoms with Gasteiger partial charge in [-0.3, -0.25) is 9.59 Å². The van der Waals surface area contributed by atoms with Crippen LogP contribution in [0, 0.1) is 0 Å². The van der Waals surface area contributed by atoms with Gasteiger partial charge in [-0.05, 0) is 48.7 Å².